The number of amides is 2. The van der Waals surface area contributed by atoms with Gasteiger partial charge in [0.1, 0.15) is 6.04 Å². The Morgan fingerprint density at radius 1 is 1.18 bits per heavy atom. The van der Waals surface area contributed by atoms with Crippen molar-refractivity contribution in [3.8, 4) is 0 Å². The summed E-state index contributed by atoms with van der Waals surface area (Å²) in [4.78, 5) is 29.3. The maximum atomic E-state index is 12.9. The van der Waals surface area contributed by atoms with Gasteiger partial charge in [0.2, 0.25) is 5.91 Å². The molecule has 4 nitrogen and oxygen atoms in total. The zero-order valence-corrected chi connectivity index (χ0v) is 13.4. The van der Waals surface area contributed by atoms with Gasteiger partial charge in [-0.05, 0) is 36.8 Å². The van der Waals surface area contributed by atoms with Crippen LogP contribution < -0.4 is 0 Å². The van der Waals surface area contributed by atoms with Gasteiger partial charge in [0.05, 0.1) is 0 Å². The van der Waals surface area contributed by atoms with E-state index < -0.39 is 0 Å². The highest BCUT2D eigenvalue weighted by Gasteiger charge is 2.38. The normalized spacial score (nSPS) is 19.0. The SMILES string of the molecule is CC(C)CC(C(=O)N1CCCC1)N1Cc2ccccc2C1=O. The largest absolute Gasteiger partial charge is 0.341 e. The number of benzene rings is 1. The Kier molecular flexibility index (Phi) is 4.19. The van der Waals surface area contributed by atoms with E-state index in [1.54, 1.807) is 4.90 Å². The predicted octanol–water partition coefficient (Wildman–Crippen LogP) is 2.68. The smallest absolute Gasteiger partial charge is 0.255 e. The molecule has 1 fully saturated rings. The topological polar surface area (TPSA) is 40.6 Å². The molecule has 1 aromatic rings. The molecule has 0 bridgehead atoms. The Hall–Kier alpha value is -1.84. The molecule has 1 aromatic carbocycles. The fourth-order valence-corrected chi connectivity index (χ4v) is 3.48. The highest BCUT2D eigenvalue weighted by molar-refractivity contribution is 6.01. The molecule has 118 valence electrons. The quantitative estimate of drug-likeness (QED) is 0.858. The molecule has 1 saturated heterocycles. The molecule has 0 saturated carbocycles. The van der Waals surface area contributed by atoms with Crippen LogP contribution in [0.3, 0.4) is 0 Å². The number of rotatable bonds is 4. The average molecular weight is 300 g/mol. The number of carbonyl (C=O) groups excluding carboxylic acids is 2. The fraction of sp³-hybridized carbons (Fsp3) is 0.556. The van der Waals surface area contributed by atoms with Gasteiger partial charge in [0, 0.05) is 25.2 Å². The van der Waals surface area contributed by atoms with E-state index >= 15 is 0 Å². The lowest BCUT2D eigenvalue weighted by atomic mass is 10.0. The maximum Gasteiger partial charge on any atom is 0.255 e. The third-order valence-corrected chi connectivity index (χ3v) is 4.62. The monoisotopic (exact) mass is 300 g/mol. The zero-order chi connectivity index (χ0) is 15.7. The average Bonchev–Trinajstić information content (AvgIpc) is 3.13. The van der Waals surface area contributed by atoms with Crippen LogP contribution in [0, 0.1) is 5.92 Å². The summed E-state index contributed by atoms with van der Waals surface area (Å²) < 4.78 is 0. The number of hydrogen-bond donors (Lipinski definition) is 0. The van der Waals surface area contributed by atoms with Crippen molar-refractivity contribution in [3.63, 3.8) is 0 Å². The van der Waals surface area contributed by atoms with E-state index in [0.29, 0.717) is 12.5 Å². The number of fused-ring (bicyclic) bond motifs is 1. The van der Waals surface area contributed by atoms with Gasteiger partial charge in [0.25, 0.3) is 5.91 Å². The van der Waals surface area contributed by atoms with Gasteiger partial charge >= 0.3 is 0 Å². The van der Waals surface area contributed by atoms with Crippen LogP contribution in [0.4, 0.5) is 0 Å². The molecule has 0 N–H and O–H groups in total. The summed E-state index contributed by atoms with van der Waals surface area (Å²) in [6.45, 7) is 6.45. The minimum absolute atomic E-state index is 0.00815. The van der Waals surface area contributed by atoms with Crippen molar-refractivity contribution in [2.75, 3.05) is 13.1 Å². The second kappa shape index (κ2) is 6.11. The van der Waals surface area contributed by atoms with Gasteiger partial charge < -0.3 is 9.80 Å². The number of likely N-dealkylation sites (tertiary alicyclic amines) is 1. The first kappa shape index (κ1) is 15.1. The summed E-state index contributed by atoms with van der Waals surface area (Å²) in [5.74, 6) is 0.522. The van der Waals surface area contributed by atoms with E-state index in [0.717, 1.165) is 43.5 Å². The Bertz CT molecular complexity index is 576. The van der Waals surface area contributed by atoms with Gasteiger partial charge in [-0.2, -0.15) is 0 Å². The lowest BCUT2D eigenvalue weighted by Gasteiger charge is -2.31. The van der Waals surface area contributed by atoms with Crippen LogP contribution in [-0.4, -0.2) is 40.7 Å². The Morgan fingerprint density at radius 2 is 1.86 bits per heavy atom. The van der Waals surface area contributed by atoms with E-state index in [-0.39, 0.29) is 17.9 Å². The second-order valence-corrected chi connectivity index (χ2v) is 6.77. The van der Waals surface area contributed by atoms with Crippen molar-refractivity contribution >= 4 is 11.8 Å². The molecule has 0 aliphatic carbocycles. The van der Waals surface area contributed by atoms with Crippen LogP contribution >= 0.6 is 0 Å². The van der Waals surface area contributed by atoms with Crippen LogP contribution in [0.15, 0.2) is 24.3 Å². The second-order valence-electron chi connectivity index (χ2n) is 6.77. The Balaban J connectivity index is 1.84. The lowest BCUT2D eigenvalue weighted by molar-refractivity contribution is -0.135. The van der Waals surface area contributed by atoms with Crippen LogP contribution in [-0.2, 0) is 11.3 Å². The molecule has 22 heavy (non-hydrogen) atoms. The van der Waals surface area contributed by atoms with Crippen LogP contribution in [0.5, 0.6) is 0 Å². The van der Waals surface area contributed by atoms with Gasteiger partial charge in [0.15, 0.2) is 0 Å². The van der Waals surface area contributed by atoms with Gasteiger partial charge in [-0.1, -0.05) is 32.0 Å². The molecule has 1 unspecified atom stereocenters. The first-order valence-electron chi connectivity index (χ1n) is 8.25. The van der Waals surface area contributed by atoms with Gasteiger partial charge in [-0.15, -0.1) is 0 Å². The van der Waals surface area contributed by atoms with Crippen LogP contribution in [0.25, 0.3) is 0 Å². The van der Waals surface area contributed by atoms with Crippen LogP contribution in [0.1, 0.15) is 49.0 Å². The first-order valence-corrected chi connectivity index (χ1v) is 8.25. The van der Waals surface area contributed by atoms with Gasteiger partial charge in [-0.3, -0.25) is 9.59 Å². The molecule has 2 amide bonds. The highest BCUT2D eigenvalue weighted by atomic mass is 16.2. The summed E-state index contributed by atoms with van der Waals surface area (Å²) in [6, 6.07) is 7.37. The molecule has 2 aliphatic rings. The van der Waals surface area contributed by atoms with E-state index in [9.17, 15) is 9.59 Å². The number of carbonyl (C=O) groups is 2. The zero-order valence-electron chi connectivity index (χ0n) is 13.4. The van der Waals surface area contributed by atoms with Crippen molar-refractivity contribution in [2.45, 2.75) is 45.7 Å². The fourth-order valence-electron chi connectivity index (χ4n) is 3.48. The lowest BCUT2D eigenvalue weighted by Crippen LogP contribution is -2.48. The molecule has 1 atom stereocenters. The molecule has 0 aromatic heterocycles. The van der Waals surface area contributed by atoms with Crippen molar-refractivity contribution in [3.05, 3.63) is 35.4 Å². The van der Waals surface area contributed by atoms with Crippen molar-refractivity contribution < 1.29 is 9.59 Å². The molecule has 4 heteroatoms. The Labute approximate surface area is 132 Å². The summed E-state index contributed by atoms with van der Waals surface area (Å²) >= 11 is 0. The highest BCUT2D eigenvalue weighted by Crippen LogP contribution is 2.28. The summed E-state index contributed by atoms with van der Waals surface area (Å²) in [7, 11) is 0. The molecule has 0 spiro atoms. The minimum Gasteiger partial charge on any atom is -0.341 e. The molecule has 3 rings (SSSR count). The molecule has 0 radical (unpaired) electrons. The third-order valence-electron chi connectivity index (χ3n) is 4.62. The van der Waals surface area contributed by atoms with E-state index in [4.69, 9.17) is 0 Å². The van der Waals surface area contributed by atoms with Crippen molar-refractivity contribution in [1.82, 2.24) is 9.80 Å². The molecular weight excluding hydrogens is 276 g/mol. The van der Waals surface area contributed by atoms with Crippen molar-refractivity contribution in [2.24, 2.45) is 5.92 Å². The Morgan fingerprint density at radius 3 is 2.50 bits per heavy atom. The summed E-state index contributed by atoms with van der Waals surface area (Å²) in [5.41, 5.74) is 1.79. The third kappa shape index (κ3) is 2.74. The minimum atomic E-state index is -0.321. The molecule has 2 aliphatic heterocycles. The van der Waals surface area contributed by atoms with E-state index in [1.807, 2.05) is 29.2 Å². The molecule has 2 heterocycles. The first-order chi connectivity index (χ1) is 10.6. The molecular formula is C18H24N2O2. The standard InChI is InChI=1S/C18H24N2O2/c1-13(2)11-16(18(22)19-9-5-6-10-19)20-12-14-7-3-4-8-15(14)17(20)21/h3-4,7-8,13,16H,5-6,9-12H2,1-2H3. The van der Waals surface area contributed by atoms with E-state index in [2.05, 4.69) is 13.8 Å². The van der Waals surface area contributed by atoms with E-state index in [1.165, 1.54) is 0 Å². The maximum absolute atomic E-state index is 12.9. The number of nitrogens with zero attached hydrogens (tertiary/aromatic N) is 2. The number of hydrogen-bond acceptors (Lipinski definition) is 2. The van der Waals surface area contributed by atoms with Crippen LogP contribution in [0.2, 0.25) is 0 Å². The van der Waals surface area contributed by atoms with Crippen molar-refractivity contribution in [1.29, 1.82) is 0 Å². The summed E-state index contributed by atoms with van der Waals surface area (Å²) in [6.07, 6.45) is 2.89. The van der Waals surface area contributed by atoms with Gasteiger partial charge in [-0.25, -0.2) is 0 Å². The summed E-state index contributed by atoms with van der Waals surface area (Å²) in [5, 5.41) is 0. The predicted molar refractivity (Wildman–Crippen MR) is 85.4 cm³/mol.